The summed E-state index contributed by atoms with van der Waals surface area (Å²) >= 11 is 6.00. The van der Waals surface area contributed by atoms with Gasteiger partial charge < -0.3 is 14.6 Å². The van der Waals surface area contributed by atoms with E-state index < -0.39 is 5.56 Å². The van der Waals surface area contributed by atoms with Crippen molar-refractivity contribution in [1.29, 1.82) is 5.26 Å². The molecule has 9 nitrogen and oxygen atoms in total. The van der Waals surface area contributed by atoms with E-state index in [1.54, 1.807) is 13.0 Å². The number of aliphatic hydroxyl groups is 1. The molecule has 0 aliphatic heterocycles. The van der Waals surface area contributed by atoms with Gasteiger partial charge in [-0.2, -0.15) is 5.26 Å². The highest BCUT2D eigenvalue weighted by molar-refractivity contribution is 6.30. The molecule has 0 radical (unpaired) electrons. The molecule has 0 aliphatic carbocycles. The molecule has 29 heavy (non-hydrogen) atoms. The minimum absolute atomic E-state index is 0.00187. The summed E-state index contributed by atoms with van der Waals surface area (Å²) in [5.41, 5.74) is 1.12. The van der Waals surface area contributed by atoms with E-state index in [4.69, 9.17) is 26.3 Å². The Hall–Kier alpha value is -3.48. The molecule has 0 saturated heterocycles. The summed E-state index contributed by atoms with van der Waals surface area (Å²) in [6.07, 6.45) is 1.38. The molecule has 0 bridgehead atoms. The quantitative estimate of drug-likeness (QED) is 0.652. The van der Waals surface area contributed by atoms with Crippen molar-refractivity contribution in [2.24, 2.45) is 0 Å². The largest absolute Gasteiger partial charge is 0.480 e. The number of aliphatic hydroxyl groups excluding tert-OH is 1. The molecule has 3 rings (SSSR count). The number of hydrogen-bond acceptors (Lipinski definition) is 8. The van der Waals surface area contributed by atoms with Crippen LogP contribution in [0.15, 0.2) is 35.4 Å². The second kappa shape index (κ2) is 8.68. The number of aromatic nitrogens is 4. The standard InChI is InChI=1S/C19H16ClN5O4/c1-11-17(29-16-4-12(7-21)3-14(20)6-16)19(27)25(10-22-11)8-13-5-15(9-26)23-24-18(13)28-2/h3-6,10,26H,8-9H2,1-2H3. The zero-order chi connectivity index (χ0) is 21.0. The zero-order valence-corrected chi connectivity index (χ0v) is 16.3. The Balaban J connectivity index is 1.99. The van der Waals surface area contributed by atoms with E-state index in [2.05, 4.69) is 15.2 Å². The fourth-order valence-electron chi connectivity index (χ4n) is 2.60. The minimum Gasteiger partial charge on any atom is -0.480 e. The predicted octanol–water partition coefficient (Wildman–Crippen LogP) is 2.21. The van der Waals surface area contributed by atoms with E-state index in [0.29, 0.717) is 27.5 Å². The summed E-state index contributed by atoms with van der Waals surface area (Å²) in [4.78, 5) is 17.2. The molecule has 0 aliphatic rings. The SMILES string of the molecule is COc1nnc(CO)cc1Cn1cnc(C)c(Oc2cc(Cl)cc(C#N)c2)c1=O. The third-order valence-corrected chi connectivity index (χ3v) is 4.19. The maximum absolute atomic E-state index is 13.0. The summed E-state index contributed by atoms with van der Waals surface area (Å²) in [5.74, 6) is 0.479. The van der Waals surface area contributed by atoms with Gasteiger partial charge in [-0.15, -0.1) is 10.2 Å². The van der Waals surface area contributed by atoms with Crippen LogP contribution >= 0.6 is 11.6 Å². The van der Waals surface area contributed by atoms with E-state index in [9.17, 15) is 9.90 Å². The second-order valence-electron chi connectivity index (χ2n) is 6.01. The number of nitrogens with zero attached hydrogens (tertiary/aromatic N) is 5. The van der Waals surface area contributed by atoms with Crippen LogP contribution in [0, 0.1) is 18.3 Å². The molecule has 10 heteroatoms. The van der Waals surface area contributed by atoms with Crippen molar-refractivity contribution < 1.29 is 14.6 Å². The van der Waals surface area contributed by atoms with Crippen LogP contribution in [0.2, 0.25) is 5.02 Å². The first-order valence-corrected chi connectivity index (χ1v) is 8.78. The first-order chi connectivity index (χ1) is 13.9. The summed E-state index contributed by atoms with van der Waals surface area (Å²) in [6, 6.07) is 8.04. The number of ether oxygens (including phenoxy) is 2. The van der Waals surface area contributed by atoms with Crippen molar-refractivity contribution in [2.75, 3.05) is 7.11 Å². The summed E-state index contributed by atoms with van der Waals surface area (Å²) in [5, 5.41) is 26.4. The third-order valence-electron chi connectivity index (χ3n) is 3.98. The smallest absolute Gasteiger partial charge is 0.296 e. The van der Waals surface area contributed by atoms with Gasteiger partial charge in [-0.1, -0.05) is 11.6 Å². The number of hydrogen-bond donors (Lipinski definition) is 1. The molecule has 148 valence electrons. The normalized spacial score (nSPS) is 10.4. The van der Waals surface area contributed by atoms with Gasteiger partial charge >= 0.3 is 0 Å². The first kappa shape index (κ1) is 20.3. The van der Waals surface area contributed by atoms with E-state index >= 15 is 0 Å². The van der Waals surface area contributed by atoms with E-state index in [-0.39, 0.29) is 30.5 Å². The summed E-state index contributed by atoms with van der Waals surface area (Å²) in [6.45, 7) is 1.41. The highest BCUT2D eigenvalue weighted by Crippen LogP contribution is 2.25. The van der Waals surface area contributed by atoms with Gasteiger partial charge in [0, 0.05) is 10.6 Å². The highest BCUT2D eigenvalue weighted by Gasteiger charge is 2.15. The van der Waals surface area contributed by atoms with Gasteiger partial charge in [0.25, 0.3) is 5.56 Å². The van der Waals surface area contributed by atoms with Crippen molar-refractivity contribution in [2.45, 2.75) is 20.1 Å². The number of nitriles is 1. The number of methoxy groups -OCH3 is 1. The van der Waals surface area contributed by atoms with Crippen LogP contribution in [-0.2, 0) is 13.2 Å². The van der Waals surface area contributed by atoms with E-state index in [1.165, 1.54) is 36.2 Å². The number of halogens is 1. The van der Waals surface area contributed by atoms with Gasteiger partial charge in [-0.25, -0.2) is 4.98 Å². The number of benzene rings is 1. The zero-order valence-electron chi connectivity index (χ0n) is 15.6. The van der Waals surface area contributed by atoms with Crippen molar-refractivity contribution in [3.8, 4) is 23.4 Å². The lowest BCUT2D eigenvalue weighted by molar-refractivity contribution is 0.273. The Morgan fingerprint density at radius 2 is 2.07 bits per heavy atom. The molecule has 1 aromatic carbocycles. The van der Waals surface area contributed by atoms with Crippen LogP contribution in [0.3, 0.4) is 0 Å². The topological polar surface area (TPSA) is 123 Å². The molecular formula is C19H16ClN5O4. The van der Waals surface area contributed by atoms with Crippen LogP contribution in [0.4, 0.5) is 0 Å². The Kier molecular flexibility index (Phi) is 6.07. The molecule has 2 heterocycles. The molecule has 3 aromatic rings. The molecular weight excluding hydrogens is 398 g/mol. The minimum atomic E-state index is -0.444. The summed E-state index contributed by atoms with van der Waals surface area (Å²) in [7, 11) is 1.43. The second-order valence-corrected chi connectivity index (χ2v) is 6.45. The fourth-order valence-corrected chi connectivity index (χ4v) is 2.82. The molecule has 0 unspecified atom stereocenters. The van der Waals surface area contributed by atoms with E-state index in [1.807, 2.05) is 6.07 Å². The molecule has 0 saturated carbocycles. The Morgan fingerprint density at radius 3 is 2.76 bits per heavy atom. The lowest BCUT2D eigenvalue weighted by Crippen LogP contribution is -2.23. The maximum atomic E-state index is 13.0. The van der Waals surface area contributed by atoms with Crippen LogP contribution < -0.4 is 15.0 Å². The van der Waals surface area contributed by atoms with Gasteiger partial charge in [0.15, 0.2) is 0 Å². The lowest BCUT2D eigenvalue weighted by atomic mass is 10.2. The van der Waals surface area contributed by atoms with Crippen molar-refractivity contribution in [3.63, 3.8) is 0 Å². The van der Waals surface area contributed by atoms with Crippen LogP contribution in [-0.4, -0.2) is 32.0 Å². The average Bonchev–Trinajstić information content (AvgIpc) is 2.72. The Bertz CT molecular complexity index is 1160. The van der Waals surface area contributed by atoms with Crippen molar-refractivity contribution in [1.82, 2.24) is 19.7 Å². The van der Waals surface area contributed by atoms with Gasteiger partial charge in [-0.3, -0.25) is 9.36 Å². The molecule has 0 amide bonds. The van der Waals surface area contributed by atoms with E-state index in [0.717, 1.165) is 0 Å². The van der Waals surface area contributed by atoms with Gasteiger partial charge in [0.2, 0.25) is 11.6 Å². The number of rotatable bonds is 6. The highest BCUT2D eigenvalue weighted by atomic mass is 35.5. The van der Waals surface area contributed by atoms with Crippen LogP contribution in [0.25, 0.3) is 0 Å². The van der Waals surface area contributed by atoms with Crippen LogP contribution in [0.5, 0.6) is 17.4 Å². The average molecular weight is 414 g/mol. The van der Waals surface area contributed by atoms with Crippen molar-refractivity contribution in [3.05, 3.63) is 68.5 Å². The third kappa shape index (κ3) is 4.51. The van der Waals surface area contributed by atoms with Gasteiger partial charge in [-0.05, 0) is 31.2 Å². The Labute approximate surface area is 170 Å². The molecule has 0 spiro atoms. The molecule has 0 fully saturated rings. The maximum Gasteiger partial charge on any atom is 0.296 e. The van der Waals surface area contributed by atoms with Crippen molar-refractivity contribution >= 4 is 11.6 Å². The summed E-state index contributed by atoms with van der Waals surface area (Å²) < 4.78 is 12.2. The molecule has 1 N–H and O–H groups in total. The molecule has 2 aromatic heterocycles. The molecule has 0 atom stereocenters. The van der Waals surface area contributed by atoms with Crippen LogP contribution in [0.1, 0.15) is 22.5 Å². The Morgan fingerprint density at radius 1 is 1.28 bits per heavy atom. The van der Waals surface area contributed by atoms with Gasteiger partial charge in [0.05, 0.1) is 49.6 Å². The van der Waals surface area contributed by atoms with Gasteiger partial charge in [0.1, 0.15) is 5.75 Å². The predicted molar refractivity (Wildman–Crippen MR) is 103 cm³/mol. The number of aryl methyl sites for hydroxylation is 1. The lowest BCUT2D eigenvalue weighted by Gasteiger charge is -2.13. The monoisotopic (exact) mass is 413 g/mol. The first-order valence-electron chi connectivity index (χ1n) is 8.40. The fraction of sp³-hybridized carbons (Fsp3) is 0.211.